The smallest absolute Gasteiger partial charge is 0.131 e. The molecule has 0 amide bonds. The molecule has 0 unspecified atom stereocenters. The normalized spacial score (nSPS) is 13.1. The Balaban J connectivity index is 1.59. The fourth-order valence-electron chi connectivity index (χ4n) is 3.57. The van der Waals surface area contributed by atoms with Crippen LogP contribution in [-0.4, -0.2) is 16.5 Å². The van der Waals surface area contributed by atoms with Gasteiger partial charge in [0.2, 0.25) is 0 Å². The van der Waals surface area contributed by atoms with E-state index in [0.717, 1.165) is 41.2 Å². The second kappa shape index (κ2) is 7.16. The number of nitrogens with zero attached hydrogens (tertiary/aromatic N) is 4. The summed E-state index contributed by atoms with van der Waals surface area (Å²) < 4.78 is 13.9. The predicted octanol–water partition coefficient (Wildman–Crippen LogP) is 3.95. The van der Waals surface area contributed by atoms with E-state index in [4.69, 9.17) is 5.26 Å². The van der Waals surface area contributed by atoms with Gasteiger partial charge in [0, 0.05) is 44.0 Å². The van der Waals surface area contributed by atoms with Crippen LogP contribution in [0.5, 0.6) is 0 Å². The zero-order valence-electron chi connectivity index (χ0n) is 15.1. The molecule has 0 fully saturated rings. The van der Waals surface area contributed by atoms with Gasteiger partial charge in [-0.15, -0.1) is 0 Å². The maximum Gasteiger partial charge on any atom is 0.131 e. The first-order valence-electron chi connectivity index (χ1n) is 8.96. The van der Waals surface area contributed by atoms with Crippen LogP contribution in [0.4, 0.5) is 10.2 Å². The molecule has 4 rings (SSSR count). The highest BCUT2D eigenvalue weighted by Gasteiger charge is 2.20. The van der Waals surface area contributed by atoms with Crippen LogP contribution in [-0.2, 0) is 19.4 Å². The van der Waals surface area contributed by atoms with E-state index >= 15 is 0 Å². The van der Waals surface area contributed by atoms with Crippen LogP contribution in [0, 0.1) is 24.1 Å². The molecule has 0 saturated heterocycles. The minimum atomic E-state index is -0.186. The Kier molecular flexibility index (Phi) is 4.55. The largest absolute Gasteiger partial charge is 0.352 e. The summed E-state index contributed by atoms with van der Waals surface area (Å²) in [6.07, 6.45) is 4.84. The van der Waals surface area contributed by atoms with E-state index in [-0.39, 0.29) is 5.82 Å². The van der Waals surface area contributed by atoms with Gasteiger partial charge in [-0.2, -0.15) is 5.26 Å². The molecule has 5 heteroatoms. The number of nitriles is 1. The molecule has 27 heavy (non-hydrogen) atoms. The van der Waals surface area contributed by atoms with Crippen LogP contribution >= 0.6 is 0 Å². The molecule has 2 aromatic heterocycles. The van der Waals surface area contributed by atoms with Crippen LogP contribution < -0.4 is 4.90 Å². The lowest BCUT2D eigenvalue weighted by atomic mass is 9.99. The molecule has 3 aromatic rings. The SMILES string of the molecule is Cc1cc(C#N)cnc1N1CCc2ncc(Cc3ccccc3F)cc2C1. The molecule has 0 spiro atoms. The van der Waals surface area contributed by atoms with Gasteiger partial charge in [-0.25, -0.2) is 9.37 Å². The van der Waals surface area contributed by atoms with Crippen LogP contribution in [0.2, 0.25) is 0 Å². The molecule has 0 saturated carbocycles. The number of hydrogen-bond donors (Lipinski definition) is 0. The molecule has 1 aromatic carbocycles. The van der Waals surface area contributed by atoms with Crippen LogP contribution in [0.1, 0.15) is 33.5 Å². The molecule has 4 nitrogen and oxygen atoms in total. The summed E-state index contributed by atoms with van der Waals surface area (Å²) in [7, 11) is 0. The Morgan fingerprint density at radius 2 is 2.04 bits per heavy atom. The molecule has 0 bridgehead atoms. The lowest BCUT2D eigenvalue weighted by Gasteiger charge is -2.30. The summed E-state index contributed by atoms with van der Waals surface area (Å²) in [6.45, 7) is 3.53. The number of hydrogen-bond acceptors (Lipinski definition) is 4. The van der Waals surface area contributed by atoms with Crippen molar-refractivity contribution < 1.29 is 4.39 Å². The number of aromatic nitrogens is 2. The van der Waals surface area contributed by atoms with Crippen molar-refractivity contribution in [1.29, 1.82) is 5.26 Å². The molecule has 0 radical (unpaired) electrons. The molecule has 0 N–H and O–H groups in total. The maximum atomic E-state index is 13.9. The Bertz CT molecular complexity index is 1040. The average Bonchev–Trinajstić information content (AvgIpc) is 2.69. The third kappa shape index (κ3) is 3.52. The van der Waals surface area contributed by atoms with Crippen molar-refractivity contribution in [2.75, 3.05) is 11.4 Å². The van der Waals surface area contributed by atoms with Gasteiger partial charge >= 0.3 is 0 Å². The van der Waals surface area contributed by atoms with Gasteiger partial charge in [-0.1, -0.05) is 24.3 Å². The number of rotatable bonds is 3. The highest BCUT2D eigenvalue weighted by atomic mass is 19.1. The zero-order chi connectivity index (χ0) is 18.8. The van der Waals surface area contributed by atoms with Gasteiger partial charge in [-0.05, 0) is 41.3 Å². The van der Waals surface area contributed by atoms with Crippen LogP contribution in [0.3, 0.4) is 0 Å². The monoisotopic (exact) mass is 358 g/mol. The highest BCUT2D eigenvalue weighted by Crippen LogP contribution is 2.26. The number of anilines is 1. The number of halogens is 1. The van der Waals surface area contributed by atoms with Crippen LogP contribution in [0.15, 0.2) is 48.8 Å². The molecular weight excluding hydrogens is 339 g/mol. The van der Waals surface area contributed by atoms with Crippen molar-refractivity contribution in [3.63, 3.8) is 0 Å². The fraction of sp³-hybridized carbons (Fsp3) is 0.227. The Hall–Kier alpha value is -3.26. The first kappa shape index (κ1) is 17.2. The lowest BCUT2D eigenvalue weighted by Crippen LogP contribution is -2.32. The highest BCUT2D eigenvalue weighted by molar-refractivity contribution is 5.51. The summed E-state index contributed by atoms with van der Waals surface area (Å²) in [6, 6.07) is 13.0. The number of benzene rings is 1. The van der Waals surface area contributed by atoms with Crippen molar-refractivity contribution in [2.24, 2.45) is 0 Å². The van der Waals surface area contributed by atoms with Crippen molar-refractivity contribution in [3.8, 4) is 6.07 Å². The quantitative estimate of drug-likeness (QED) is 0.711. The second-order valence-corrected chi connectivity index (χ2v) is 6.87. The van der Waals surface area contributed by atoms with Gasteiger partial charge < -0.3 is 4.90 Å². The first-order valence-corrected chi connectivity index (χ1v) is 8.96. The summed E-state index contributed by atoms with van der Waals surface area (Å²) in [5.41, 5.74) is 5.49. The molecule has 1 aliphatic rings. The summed E-state index contributed by atoms with van der Waals surface area (Å²) in [4.78, 5) is 11.3. The van der Waals surface area contributed by atoms with E-state index in [0.29, 0.717) is 24.1 Å². The first-order chi connectivity index (χ1) is 13.1. The number of fused-ring (bicyclic) bond motifs is 1. The minimum Gasteiger partial charge on any atom is -0.352 e. The Labute approximate surface area is 157 Å². The van der Waals surface area contributed by atoms with Crippen molar-refractivity contribution in [2.45, 2.75) is 26.3 Å². The third-order valence-corrected chi connectivity index (χ3v) is 4.93. The van der Waals surface area contributed by atoms with Gasteiger partial charge in [0.1, 0.15) is 17.7 Å². The molecule has 0 aliphatic carbocycles. The van der Waals surface area contributed by atoms with Gasteiger partial charge in [0.05, 0.1) is 5.56 Å². The lowest BCUT2D eigenvalue weighted by molar-refractivity contribution is 0.613. The Morgan fingerprint density at radius 3 is 2.81 bits per heavy atom. The number of aryl methyl sites for hydroxylation is 1. The zero-order valence-corrected chi connectivity index (χ0v) is 15.1. The maximum absolute atomic E-state index is 13.9. The van der Waals surface area contributed by atoms with E-state index in [2.05, 4.69) is 27.0 Å². The average molecular weight is 358 g/mol. The minimum absolute atomic E-state index is 0.186. The molecule has 134 valence electrons. The molecule has 3 heterocycles. The van der Waals surface area contributed by atoms with Gasteiger partial charge in [0.25, 0.3) is 0 Å². The molecule has 0 atom stereocenters. The fourth-order valence-corrected chi connectivity index (χ4v) is 3.57. The summed E-state index contributed by atoms with van der Waals surface area (Å²) in [5, 5.41) is 9.03. The van der Waals surface area contributed by atoms with Gasteiger partial charge in [-0.3, -0.25) is 4.98 Å². The van der Waals surface area contributed by atoms with E-state index in [1.54, 1.807) is 12.3 Å². The topological polar surface area (TPSA) is 52.8 Å². The van der Waals surface area contributed by atoms with Crippen molar-refractivity contribution in [3.05, 3.63) is 88.1 Å². The van der Waals surface area contributed by atoms with Gasteiger partial charge in [0.15, 0.2) is 0 Å². The van der Waals surface area contributed by atoms with Crippen LogP contribution in [0.25, 0.3) is 0 Å². The van der Waals surface area contributed by atoms with E-state index in [9.17, 15) is 4.39 Å². The standard InChI is InChI=1S/C22H19FN4/c1-15-8-17(11-24)13-26-22(15)27-7-6-21-19(14-27)10-16(12-25-21)9-18-4-2-3-5-20(18)23/h2-5,8,10,12-13H,6-7,9,14H2,1H3. The van der Waals surface area contributed by atoms with Crippen molar-refractivity contribution >= 4 is 5.82 Å². The Morgan fingerprint density at radius 1 is 1.19 bits per heavy atom. The second-order valence-electron chi connectivity index (χ2n) is 6.87. The van der Waals surface area contributed by atoms with E-state index in [1.807, 2.05) is 31.3 Å². The molecular formula is C22H19FN4. The third-order valence-electron chi connectivity index (χ3n) is 4.93. The molecule has 1 aliphatic heterocycles. The summed E-state index contributed by atoms with van der Waals surface area (Å²) in [5.74, 6) is 0.716. The van der Waals surface area contributed by atoms with E-state index < -0.39 is 0 Å². The van der Waals surface area contributed by atoms with E-state index in [1.165, 1.54) is 6.07 Å². The summed E-state index contributed by atoms with van der Waals surface area (Å²) >= 11 is 0. The predicted molar refractivity (Wildman–Crippen MR) is 102 cm³/mol. The number of pyridine rings is 2. The van der Waals surface area contributed by atoms with Crippen molar-refractivity contribution in [1.82, 2.24) is 9.97 Å².